The van der Waals surface area contributed by atoms with Gasteiger partial charge in [0, 0.05) is 51.7 Å². The summed E-state index contributed by atoms with van der Waals surface area (Å²) in [5.41, 5.74) is 0. The Balaban J connectivity index is 0.00000261. The maximum Gasteiger partial charge on any atom is 0.242 e. The van der Waals surface area contributed by atoms with Crippen molar-refractivity contribution in [2.45, 2.75) is 30.2 Å². The number of nitrogens with zero attached hydrogens (tertiary/aromatic N) is 4. The van der Waals surface area contributed by atoms with Crippen molar-refractivity contribution in [1.29, 1.82) is 0 Å². The molecule has 2 saturated heterocycles. The van der Waals surface area contributed by atoms with Crippen molar-refractivity contribution < 1.29 is 8.42 Å². The summed E-state index contributed by atoms with van der Waals surface area (Å²) in [7, 11) is -1.75. The van der Waals surface area contributed by atoms with Crippen molar-refractivity contribution in [3.8, 4) is 0 Å². The van der Waals surface area contributed by atoms with Gasteiger partial charge in [0.15, 0.2) is 5.96 Å². The fourth-order valence-electron chi connectivity index (χ4n) is 3.62. The summed E-state index contributed by atoms with van der Waals surface area (Å²) >= 11 is 0. The minimum atomic E-state index is -3.52. The molecule has 1 unspecified atom stereocenters. The summed E-state index contributed by atoms with van der Waals surface area (Å²) < 4.78 is 26.9. The highest BCUT2D eigenvalue weighted by atomic mass is 127. The number of halogens is 1. The fraction of sp³-hybridized carbons (Fsp3) is 0.647. The third kappa shape index (κ3) is 6.00. The lowest BCUT2D eigenvalue weighted by molar-refractivity contribution is 0.249. The maximum absolute atomic E-state index is 12.2. The Bertz CT molecular complexity index is 709. The first-order valence-electron chi connectivity index (χ1n) is 9.19. The van der Waals surface area contributed by atoms with Gasteiger partial charge >= 0.3 is 0 Å². The first kappa shape index (κ1) is 22.3. The molecule has 8 nitrogen and oxygen atoms in total. The molecule has 0 bridgehead atoms. The fourth-order valence-corrected chi connectivity index (χ4v) is 4.62. The Labute approximate surface area is 178 Å². The molecule has 3 heterocycles. The van der Waals surface area contributed by atoms with Crippen LogP contribution in [-0.2, 0) is 10.0 Å². The number of hydrogen-bond donors (Lipinski definition) is 2. The highest BCUT2D eigenvalue weighted by Gasteiger charge is 2.30. The van der Waals surface area contributed by atoms with Crippen molar-refractivity contribution >= 4 is 40.0 Å². The number of hydrogen-bond acceptors (Lipinski definition) is 5. The molecule has 0 saturated carbocycles. The lowest BCUT2D eigenvalue weighted by atomic mass is 10.2. The molecule has 0 radical (unpaired) electrons. The lowest BCUT2D eigenvalue weighted by Gasteiger charge is -2.25. The van der Waals surface area contributed by atoms with E-state index in [2.05, 4.69) is 29.8 Å². The number of aliphatic imine (C=N–C) groups is 1. The molecule has 2 aliphatic heterocycles. The summed E-state index contributed by atoms with van der Waals surface area (Å²) in [6, 6.07) is 3.75. The van der Waals surface area contributed by atoms with Crippen LogP contribution in [0.4, 0.5) is 0 Å². The van der Waals surface area contributed by atoms with Crippen LogP contribution in [0, 0.1) is 0 Å². The smallest absolute Gasteiger partial charge is 0.242 e. The number of sulfonamides is 1. The molecule has 27 heavy (non-hydrogen) atoms. The van der Waals surface area contributed by atoms with Gasteiger partial charge in [-0.05, 0) is 44.5 Å². The van der Waals surface area contributed by atoms with Gasteiger partial charge < -0.3 is 10.2 Å². The molecular formula is C17H29IN6O2S. The molecule has 1 aromatic rings. The molecule has 1 aromatic heterocycles. The number of likely N-dealkylation sites (tertiary alicyclic amines) is 2. The second kappa shape index (κ2) is 10.5. The van der Waals surface area contributed by atoms with Gasteiger partial charge in [-0.2, -0.15) is 0 Å². The average molecular weight is 508 g/mol. The van der Waals surface area contributed by atoms with Crippen molar-refractivity contribution in [2.24, 2.45) is 4.99 Å². The quantitative estimate of drug-likeness (QED) is 0.255. The first-order valence-corrected chi connectivity index (χ1v) is 10.7. The average Bonchev–Trinajstić information content (AvgIpc) is 3.34. The standard InChI is InChI=1S/C17H28N6O2S.HI/c1-18-17(23-12-6-15(14-23)22-10-2-3-11-22)20-8-9-21-26(24,25)16-5-4-7-19-13-16;/h4-5,7,13,15,21H,2-3,6,8-12,14H2,1H3,(H,18,20);1H. The van der Waals surface area contributed by atoms with Gasteiger partial charge in [0.05, 0.1) is 0 Å². The number of rotatable bonds is 6. The molecule has 10 heteroatoms. The Morgan fingerprint density at radius 2 is 2.07 bits per heavy atom. The van der Waals surface area contributed by atoms with E-state index in [1.54, 1.807) is 19.3 Å². The van der Waals surface area contributed by atoms with Crippen LogP contribution in [0.2, 0.25) is 0 Å². The van der Waals surface area contributed by atoms with Crippen LogP contribution in [0.1, 0.15) is 19.3 Å². The maximum atomic E-state index is 12.2. The molecule has 152 valence electrons. The second-order valence-corrected chi connectivity index (χ2v) is 8.46. The minimum absolute atomic E-state index is 0. The normalized spacial score (nSPS) is 21.3. The van der Waals surface area contributed by atoms with Crippen LogP contribution >= 0.6 is 24.0 Å². The molecule has 0 aliphatic carbocycles. The van der Waals surface area contributed by atoms with Crippen LogP contribution in [0.3, 0.4) is 0 Å². The number of nitrogens with one attached hydrogen (secondary N) is 2. The zero-order chi connectivity index (χ0) is 18.4. The molecule has 0 spiro atoms. The Kier molecular flexibility index (Phi) is 8.70. The van der Waals surface area contributed by atoms with Gasteiger partial charge in [-0.15, -0.1) is 24.0 Å². The molecule has 0 aromatic carbocycles. The first-order chi connectivity index (χ1) is 12.6. The largest absolute Gasteiger partial charge is 0.355 e. The SMILES string of the molecule is CN=C(NCCNS(=O)(=O)c1cccnc1)N1CCC(N2CCCC2)C1.I. The number of pyridine rings is 1. The molecule has 1 atom stereocenters. The zero-order valence-corrected chi connectivity index (χ0v) is 18.8. The molecular weight excluding hydrogens is 479 g/mol. The summed E-state index contributed by atoms with van der Waals surface area (Å²) in [6.07, 6.45) is 6.67. The van der Waals surface area contributed by atoms with E-state index in [1.807, 2.05) is 0 Å². The highest BCUT2D eigenvalue weighted by Crippen LogP contribution is 2.20. The van der Waals surface area contributed by atoms with E-state index in [9.17, 15) is 8.42 Å². The monoisotopic (exact) mass is 508 g/mol. The van der Waals surface area contributed by atoms with Crippen LogP contribution in [0.5, 0.6) is 0 Å². The van der Waals surface area contributed by atoms with Crippen molar-refractivity contribution in [1.82, 2.24) is 24.8 Å². The molecule has 2 N–H and O–H groups in total. The number of guanidine groups is 1. The zero-order valence-electron chi connectivity index (χ0n) is 15.7. The van der Waals surface area contributed by atoms with Gasteiger partial charge in [-0.25, -0.2) is 13.1 Å². The van der Waals surface area contributed by atoms with Crippen LogP contribution in [0.15, 0.2) is 34.4 Å². The van der Waals surface area contributed by atoms with E-state index in [0.29, 0.717) is 19.1 Å². The van der Waals surface area contributed by atoms with Crippen molar-refractivity contribution in [2.75, 3.05) is 46.3 Å². The summed E-state index contributed by atoms with van der Waals surface area (Å²) in [5.74, 6) is 0.840. The summed E-state index contributed by atoms with van der Waals surface area (Å²) in [4.78, 5) is 13.2. The van der Waals surface area contributed by atoms with Crippen molar-refractivity contribution in [3.63, 3.8) is 0 Å². The summed E-state index contributed by atoms with van der Waals surface area (Å²) in [6.45, 7) is 5.17. The van der Waals surface area contributed by atoms with Gasteiger partial charge in [0.2, 0.25) is 10.0 Å². The van der Waals surface area contributed by atoms with Gasteiger partial charge in [-0.1, -0.05) is 0 Å². The third-order valence-corrected chi connectivity index (χ3v) is 6.42. The van der Waals surface area contributed by atoms with E-state index in [4.69, 9.17) is 0 Å². The number of aromatic nitrogens is 1. The van der Waals surface area contributed by atoms with E-state index in [-0.39, 0.29) is 28.9 Å². The Hall–Kier alpha value is -0.980. The van der Waals surface area contributed by atoms with Crippen LogP contribution in [-0.4, -0.2) is 81.5 Å². The lowest BCUT2D eigenvalue weighted by Crippen LogP contribution is -2.44. The van der Waals surface area contributed by atoms with Gasteiger partial charge in [-0.3, -0.25) is 14.9 Å². The van der Waals surface area contributed by atoms with Gasteiger partial charge in [0.1, 0.15) is 4.90 Å². The van der Waals surface area contributed by atoms with Crippen LogP contribution < -0.4 is 10.0 Å². The van der Waals surface area contributed by atoms with Gasteiger partial charge in [0.25, 0.3) is 0 Å². The molecule has 2 aliphatic rings. The Morgan fingerprint density at radius 1 is 1.30 bits per heavy atom. The van der Waals surface area contributed by atoms with E-state index >= 15 is 0 Å². The molecule has 0 amide bonds. The summed E-state index contributed by atoms with van der Waals surface area (Å²) in [5, 5.41) is 3.26. The van der Waals surface area contributed by atoms with E-state index in [0.717, 1.165) is 25.5 Å². The predicted molar refractivity (Wildman–Crippen MR) is 117 cm³/mol. The van der Waals surface area contributed by atoms with Crippen LogP contribution in [0.25, 0.3) is 0 Å². The topological polar surface area (TPSA) is 89.9 Å². The molecule has 2 fully saturated rings. The highest BCUT2D eigenvalue weighted by molar-refractivity contribution is 14.0. The minimum Gasteiger partial charge on any atom is -0.355 e. The van der Waals surface area contributed by atoms with E-state index < -0.39 is 10.0 Å². The van der Waals surface area contributed by atoms with E-state index in [1.165, 1.54) is 38.2 Å². The predicted octanol–water partition coefficient (Wildman–Crippen LogP) is 0.723. The molecule has 3 rings (SSSR count). The Morgan fingerprint density at radius 3 is 2.74 bits per heavy atom. The van der Waals surface area contributed by atoms with Crippen molar-refractivity contribution in [3.05, 3.63) is 24.5 Å². The third-order valence-electron chi connectivity index (χ3n) is 4.98. The second-order valence-electron chi connectivity index (χ2n) is 6.69.